The number of nitrogens with zero attached hydrogens (tertiary/aromatic N) is 1. The monoisotopic (exact) mass is 624 g/mol. The summed E-state index contributed by atoms with van der Waals surface area (Å²) in [5.74, 6) is 0. The molecule has 1 atom stereocenters. The minimum Gasteiger partial charge on any atom is -0.359 e. The van der Waals surface area contributed by atoms with Crippen LogP contribution >= 0.6 is 0 Å². The maximum absolute atomic E-state index is 3.88. The van der Waals surface area contributed by atoms with E-state index in [1.54, 1.807) is 0 Å². The fraction of sp³-hybridized carbons (Fsp3) is 0.0213. The average Bonchev–Trinajstić information content (AvgIpc) is 3.56. The molecule has 0 bridgehead atoms. The fourth-order valence-electron chi connectivity index (χ4n) is 7.94. The van der Waals surface area contributed by atoms with Gasteiger partial charge in [-0.25, -0.2) is 0 Å². The minimum absolute atomic E-state index is 0.0655. The summed E-state index contributed by atoms with van der Waals surface area (Å²) in [4.78, 5) is 2.43. The van der Waals surface area contributed by atoms with E-state index in [-0.39, 0.29) is 6.17 Å². The molecule has 0 saturated carbocycles. The maximum Gasteiger partial charge on any atom is 0.130 e. The summed E-state index contributed by atoms with van der Waals surface area (Å²) in [6.07, 6.45) is -0.0655. The quantitative estimate of drug-likeness (QED) is 0.196. The van der Waals surface area contributed by atoms with Gasteiger partial charge < -0.3 is 10.2 Å². The van der Waals surface area contributed by atoms with Gasteiger partial charge >= 0.3 is 0 Å². The van der Waals surface area contributed by atoms with Crippen molar-refractivity contribution in [2.24, 2.45) is 0 Å². The van der Waals surface area contributed by atoms with Crippen LogP contribution in [0.3, 0.4) is 0 Å². The Morgan fingerprint density at radius 1 is 0.388 bits per heavy atom. The van der Waals surface area contributed by atoms with Crippen LogP contribution in [0.15, 0.2) is 182 Å². The lowest BCUT2D eigenvalue weighted by Gasteiger charge is -2.28. The molecule has 0 fully saturated rings. The van der Waals surface area contributed by atoms with Crippen LogP contribution in [-0.4, -0.2) is 0 Å². The van der Waals surface area contributed by atoms with Gasteiger partial charge in [0.15, 0.2) is 0 Å². The zero-order chi connectivity index (χ0) is 32.3. The molecule has 0 amide bonds. The van der Waals surface area contributed by atoms with Crippen molar-refractivity contribution in [2.75, 3.05) is 10.2 Å². The highest BCUT2D eigenvalue weighted by molar-refractivity contribution is 6.22. The van der Waals surface area contributed by atoms with Crippen molar-refractivity contribution in [1.82, 2.24) is 0 Å². The number of rotatable bonds is 4. The Morgan fingerprint density at radius 3 is 1.59 bits per heavy atom. The van der Waals surface area contributed by atoms with Gasteiger partial charge in [-0.15, -0.1) is 0 Å². The van der Waals surface area contributed by atoms with Crippen molar-refractivity contribution in [2.45, 2.75) is 6.17 Å². The molecule has 1 unspecified atom stereocenters. The molecule has 2 heteroatoms. The van der Waals surface area contributed by atoms with E-state index in [0.29, 0.717) is 0 Å². The molecule has 0 aromatic heterocycles. The predicted molar refractivity (Wildman–Crippen MR) is 209 cm³/mol. The highest BCUT2D eigenvalue weighted by Gasteiger charge is 2.31. The minimum atomic E-state index is -0.0655. The van der Waals surface area contributed by atoms with Crippen LogP contribution in [0.4, 0.5) is 17.1 Å². The van der Waals surface area contributed by atoms with E-state index in [9.17, 15) is 0 Å². The molecular formula is C47H32N2. The van der Waals surface area contributed by atoms with Gasteiger partial charge in [0.1, 0.15) is 6.17 Å². The van der Waals surface area contributed by atoms with Crippen molar-refractivity contribution in [3.63, 3.8) is 0 Å². The number of hydrogen-bond donors (Lipinski definition) is 1. The van der Waals surface area contributed by atoms with E-state index >= 15 is 0 Å². The van der Waals surface area contributed by atoms with Crippen LogP contribution in [0.1, 0.15) is 11.7 Å². The summed E-state index contributed by atoms with van der Waals surface area (Å²) in [6, 6.07) is 66.5. The van der Waals surface area contributed by atoms with Crippen molar-refractivity contribution in [1.29, 1.82) is 0 Å². The number of para-hydroxylation sites is 3. The molecule has 1 heterocycles. The van der Waals surface area contributed by atoms with Crippen molar-refractivity contribution >= 4 is 60.2 Å². The molecular weight excluding hydrogens is 593 g/mol. The summed E-state index contributed by atoms with van der Waals surface area (Å²) in [7, 11) is 0. The number of hydrogen-bond acceptors (Lipinski definition) is 2. The molecule has 1 aliphatic rings. The lowest BCUT2D eigenvalue weighted by Crippen LogP contribution is -2.23. The first-order valence-electron chi connectivity index (χ1n) is 17.0. The topological polar surface area (TPSA) is 15.3 Å². The number of anilines is 3. The van der Waals surface area contributed by atoms with E-state index in [1.807, 2.05) is 0 Å². The number of nitrogens with one attached hydrogen (secondary N) is 1. The van der Waals surface area contributed by atoms with Gasteiger partial charge in [0, 0.05) is 5.69 Å². The first-order chi connectivity index (χ1) is 24.3. The molecule has 1 N–H and O–H groups in total. The second-order valence-corrected chi connectivity index (χ2v) is 13.0. The molecule has 49 heavy (non-hydrogen) atoms. The summed E-state index contributed by atoms with van der Waals surface area (Å²) in [5.41, 5.74) is 9.70. The Balaban J connectivity index is 1.28. The Kier molecular flexibility index (Phi) is 6.28. The summed E-state index contributed by atoms with van der Waals surface area (Å²) in [5, 5.41) is 13.9. The van der Waals surface area contributed by atoms with Crippen LogP contribution < -0.4 is 10.2 Å². The summed E-state index contributed by atoms with van der Waals surface area (Å²) in [6.45, 7) is 0. The molecule has 0 saturated heterocycles. The van der Waals surface area contributed by atoms with E-state index in [1.165, 1.54) is 76.6 Å². The first kappa shape index (κ1) is 27.7. The predicted octanol–water partition coefficient (Wildman–Crippen LogP) is 12.9. The van der Waals surface area contributed by atoms with E-state index in [4.69, 9.17) is 0 Å². The normalized spacial score (nSPS) is 14.0. The third kappa shape index (κ3) is 4.49. The highest BCUT2D eigenvalue weighted by Crippen LogP contribution is 2.49. The van der Waals surface area contributed by atoms with Crippen LogP contribution in [0.2, 0.25) is 0 Å². The molecule has 1 aliphatic heterocycles. The van der Waals surface area contributed by atoms with Crippen LogP contribution in [0.25, 0.3) is 65.3 Å². The van der Waals surface area contributed by atoms with Crippen molar-refractivity contribution in [3.8, 4) is 22.3 Å². The van der Waals surface area contributed by atoms with Crippen molar-refractivity contribution in [3.05, 3.63) is 188 Å². The zero-order valence-corrected chi connectivity index (χ0v) is 26.8. The average molecular weight is 625 g/mol. The second kappa shape index (κ2) is 11.1. The molecule has 9 aromatic rings. The van der Waals surface area contributed by atoms with Crippen molar-refractivity contribution < 1.29 is 0 Å². The number of benzene rings is 9. The SMILES string of the molecule is c1ccc(N2c3ccccc3NC2c2ccc3c(-c4ccc5ccccc5c4)c4ccccc4c(-c4ccc5ccccc5c4)c3c2)cc1. The van der Waals surface area contributed by atoms with Gasteiger partial charge in [-0.3, -0.25) is 0 Å². The molecule has 230 valence electrons. The molecule has 0 spiro atoms. The van der Waals surface area contributed by atoms with Gasteiger partial charge in [-0.05, 0) is 113 Å². The Bertz CT molecular complexity index is 2710. The van der Waals surface area contributed by atoms with Gasteiger partial charge in [0.05, 0.1) is 11.4 Å². The zero-order valence-electron chi connectivity index (χ0n) is 26.8. The van der Waals surface area contributed by atoms with E-state index < -0.39 is 0 Å². The maximum atomic E-state index is 3.88. The van der Waals surface area contributed by atoms with E-state index in [2.05, 4.69) is 192 Å². The summed E-state index contributed by atoms with van der Waals surface area (Å²) >= 11 is 0. The smallest absolute Gasteiger partial charge is 0.130 e. The van der Waals surface area contributed by atoms with Gasteiger partial charge in [0.2, 0.25) is 0 Å². The molecule has 2 nitrogen and oxygen atoms in total. The lowest BCUT2D eigenvalue weighted by atomic mass is 9.84. The molecule has 0 radical (unpaired) electrons. The van der Waals surface area contributed by atoms with Crippen LogP contribution in [0, 0.1) is 0 Å². The molecule has 10 rings (SSSR count). The van der Waals surface area contributed by atoms with Gasteiger partial charge in [-0.2, -0.15) is 0 Å². The second-order valence-electron chi connectivity index (χ2n) is 13.0. The van der Waals surface area contributed by atoms with Gasteiger partial charge in [0.25, 0.3) is 0 Å². The Hall–Kier alpha value is -6.38. The van der Waals surface area contributed by atoms with E-state index in [0.717, 1.165) is 11.4 Å². The van der Waals surface area contributed by atoms with Gasteiger partial charge in [-0.1, -0.05) is 140 Å². The Morgan fingerprint density at radius 2 is 0.918 bits per heavy atom. The third-order valence-electron chi connectivity index (χ3n) is 10.2. The summed E-state index contributed by atoms with van der Waals surface area (Å²) < 4.78 is 0. The largest absolute Gasteiger partial charge is 0.359 e. The van der Waals surface area contributed by atoms with Crippen LogP contribution in [0.5, 0.6) is 0 Å². The fourth-order valence-corrected chi connectivity index (χ4v) is 7.94. The highest BCUT2D eigenvalue weighted by atomic mass is 15.3. The molecule has 9 aromatic carbocycles. The first-order valence-corrected chi connectivity index (χ1v) is 17.0. The third-order valence-corrected chi connectivity index (χ3v) is 10.2. The number of fused-ring (bicyclic) bond motifs is 5. The standard InChI is InChI=1S/C47H32N2/c1-2-16-38(17-3-1)49-44-21-11-10-20-43(44)48-47(49)37-26-27-41-42(30-37)46(36-25-23-32-13-5-7-15-34(32)29-36)40-19-9-8-18-39(40)45(41)35-24-22-31-12-4-6-14-33(31)28-35/h1-30,47-48H. The van der Waals surface area contributed by atoms with Crippen LogP contribution in [-0.2, 0) is 0 Å². The molecule has 0 aliphatic carbocycles. The Labute approximate surface area is 285 Å². The lowest BCUT2D eigenvalue weighted by molar-refractivity contribution is 0.830.